The van der Waals surface area contributed by atoms with E-state index in [0.717, 1.165) is 42.5 Å². The highest BCUT2D eigenvalue weighted by atomic mass is 16.6. The summed E-state index contributed by atoms with van der Waals surface area (Å²) in [4.78, 5) is 28.0. The first kappa shape index (κ1) is 22.0. The molecule has 6 nitrogen and oxygen atoms in total. The van der Waals surface area contributed by atoms with E-state index in [2.05, 4.69) is 12.2 Å². The van der Waals surface area contributed by atoms with Gasteiger partial charge in [-0.05, 0) is 54.7 Å². The first-order chi connectivity index (χ1) is 15.9. The number of hydrogen-bond acceptors (Lipinski definition) is 4. The van der Waals surface area contributed by atoms with Gasteiger partial charge in [0.15, 0.2) is 0 Å². The summed E-state index contributed by atoms with van der Waals surface area (Å²) in [6, 6.07) is 17.6. The van der Waals surface area contributed by atoms with Gasteiger partial charge >= 0.3 is 12.1 Å². The standard InChI is InChI=1S/C27H32N2O4/c1-3-27(24(30)31,28-19-13-14-19)23-20-11-7-8-12-21(20)29(22-15-16-26(22,23)2)25(32)33-17-18-9-5-4-6-10-18/h4-12,19,22-23,28H,3,13-17H2,1-2H3,(H,30,31). The normalized spacial score (nSPS) is 27.5. The van der Waals surface area contributed by atoms with Gasteiger partial charge in [-0.3, -0.25) is 15.0 Å². The zero-order chi connectivity index (χ0) is 23.2. The van der Waals surface area contributed by atoms with Crippen molar-refractivity contribution in [2.75, 3.05) is 4.90 Å². The van der Waals surface area contributed by atoms with Crippen LogP contribution < -0.4 is 10.2 Å². The number of carboxylic acid groups (broad SMARTS) is 1. The summed E-state index contributed by atoms with van der Waals surface area (Å²) in [5.41, 5.74) is 1.22. The molecule has 6 heteroatoms. The molecule has 5 rings (SSSR count). The van der Waals surface area contributed by atoms with Crippen molar-refractivity contribution in [3.8, 4) is 0 Å². The Labute approximate surface area is 194 Å². The van der Waals surface area contributed by atoms with E-state index in [-0.39, 0.29) is 36.1 Å². The molecule has 1 aliphatic heterocycles. The molecule has 0 aromatic heterocycles. The zero-order valence-corrected chi connectivity index (χ0v) is 19.3. The predicted octanol–water partition coefficient (Wildman–Crippen LogP) is 5.08. The van der Waals surface area contributed by atoms with Crippen LogP contribution in [0.1, 0.15) is 63.0 Å². The number of aliphatic carboxylic acids is 1. The van der Waals surface area contributed by atoms with Crippen molar-refractivity contribution in [2.45, 2.75) is 76.1 Å². The first-order valence-corrected chi connectivity index (χ1v) is 12.0. The maximum atomic E-state index is 13.4. The molecule has 0 bridgehead atoms. The Morgan fingerprint density at radius 1 is 1.12 bits per heavy atom. The van der Waals surface area contributed by atoms with Crippen LogP contribution in [-0.4, -0.2) is 34.8 Å². The molecular weight excluding hydrogens is 416 g/mol. The lowest BCUT2D eigenvalue weighted by molar-refractivity contribution is -0.150. The Morgan fingerprint density at radius 3 is 2.42 bits per heavy atom. The summed E-state index contributed by atoms with van der Waals surface area (Å²) in [5.74, 6) is -1.04. The smallest absolute Gasteiger partial charge is 0.414 e. The number of ether oxygens (including phenoxy) is 1. The molecule has 1 amide bonds. The van der Waals surface area contributed by atoms with Crippen LogP contribution in [0.4, 0.5) is 10.5 Å². The quantitative estimate of drug-likeness (QED) is 0.617. The maximum Gasteiger partial charge on any atom is 0.414 e. The second kappa shape index (κ2) is 8.17. The highest BCUT2D eigenvalue weighted by Crippen LogP contribution is 2.63. The number of carbonyl (C=O) groups is 2. The molecule has 2 aromatic carbocycles. The van der Waals surface area contributed by atoms with Gasteiger partial charge in [0.05, 0.1) is 5.69 Å². The number of fused-ring (bicyclic) bond motifs is 2. The molecule has 4 atom stereocenters. The summed E-state index contributed by atoms with van der Waals surface area (Å²) >= 11 is 0. The predicted molar refractivity (Wildman–Crippen MR) is 126 cm³/mol. The van der Waals surface area contributed by atoms with Gasteiger partial charge in [-0.1, -0.05) is 62.4 Å². The molecule has 0 spiro atoms. The number of rotatable bonds is 7. The number of benzene rings is 2. The molecule has 0 radical (unpaired) electrons. The van der Waals surface area contributed by atoms with Crippen LogP contribution in [0.3, 0.4) is 0 Å². The van der Waals surface area contributed by atoms with E-state index in [9.17, 15) is 14.7 Å². The van der Waals surface area contributed by atoms with Gasteiger partial charge in [0.2, 0.25) is 0 Å². The van der Waals surface area contributed by atoms with Crippen LogP contribution in [0.25, 0.3) is 0 Å². The van der Waals surface area contributed by atoms with E-state index < -0.39 is 11.5 Å². The third-order valence-electron chi connectivity index (χ3n) is 8.07. The van der Waals surface area contributed by atoms with E-state index in [0.29, 0.717) is 6.42 Å². The van der Waals surface area contributed by atoms with Crippen molar-refractivity contribution in [1.82, 2.24) is 5.32 Å². The summed E-state index contributed by atoms with van der Waals surface area (Å²) in [6.45, 7) is 4.33. The van der Waals surface area contributed by atoms with Gasteiger partial charge in [-0.15, -0.1) is 0 Å². The molecular formula is C27H32N2O4. The number of carbonyl (C=O) groups excluding carboxylic acids is 1. The summed E-state index contributed by atoms with van der Waals surface area (Å²) in [6.07, 6.45) is 3.86. The Bertz CT molecular complexity index is 1050. The minimum atomic E-state index is -1.06. The van der Waals surface area contributed by atoms with E-state index >= 15 is 0 Å². The van der Waals surface area contributed by atoms with Crippen molar-refractivity contribution in [1.29, 1.82) is 0 Å². The number of nitrogens with one attached hydrogen (secondary N) is 1. The summed E-state index contributed by atoms with van der Waals surface area (Å²) in [7, 11) is 0. The first-order valence-electron chi connectivity index (χ1n) is 12.0. The molecule has 2 saturated carbocycles. The second-order valence-electron chi connectivity index (χ2n) is 10.0. The lowest BCUT2D eigenvalue weighted by Gasteiger charge is -2.62. The molecule has 2 aliphatic carbocycles. The molecule has 3 aliphatic rings. The topological polar surface area (TPSA) is 78.9 Å². The third-order valence-corrected chi connectivity index (χ3v) is 8.07. The van der Waals surface area contributed by atoms with Crippen LogP contribution in [0.5, 0.6) is 0 Å². The van der Waals surface area contributed by atoms with Crippen LogP contribution in [-0.2, 0) is 16.1 Å². The Hall–Kier alpha value is -2.86. The van der Waals surface area contributed by atoms with Crippen molar-refractivity contribution in [3.05, 3.63) is 65.7 Å². The molecule has 2 aromatic rings. The summed E-state index contributed by atoms with van der Waals surface area (Å²) < 4.78 is 5.75. The fourth-order valence-electron chi connectivity index (χ4n) is 6.12. The largest absolute Gasteiger partial charge is 0.480 e. The Balaban J connectivity index is 1.54. The third kappa shape index (κ3) is 3.52. The van der Waals surface area contributed by atoms with Crippen molar-refractivity contribution in [2.24, 2.45) is 5.41 Å². The molecule has 1 heterocycles. The number of hydrogen-bond donors (Lipinski definition) is 2. The minimum Gasteiger partial charge on any atom is -0.480 e. The number of amides is 1. The van der Waals surface area contributed by atoms with E-state index in [1.165, 1.54) is 0 Å². The Kier molecular flexibility index (Phi) is 5.44. The molecule has 2 fully saturated rings. The van der Waals surface area contributed by atoms with Gasteiger partial charge < -0.3 is 9.84 Å². The monoisotopic (exact) mass is 448 g/mol. The van der Waals surface area contributed by atoms with E-state index in [4.69, 9.17) is 4.74 Å². The molecule has 0 saturated heterocycles. The number of nitrogens with zero attached hydrogens (tertiary/aromatic N) is 1. The molecule has 2 N–H and O–H groups in total. The lowest BCUT2D eigenvalue weighted by Crippen LogP contribution is -2.69. The van der Waals surface area contributed by atoms with Crippen molar-refractivity contribution < 1.29 is 19.4 Å². The zero-order valence-electron chi connectivity index (χ0n) is 19.3. The molecule has 4 unspecified atom stereocenters. The molecule has 174 valence electrons. The van der Waals surface area contributed by atoms with Crippen LogP contribution in [0.2, 0.25) is 0 Å². The highest BCUT2D eigenvalue weighted by Gasteiger charge is 2.65. The number of para-hydroxylation sites is 1. The Morgan fingerprint density at radius 2 is 1.82 bits per heavy atom. The number of carboxylic acids is 1. The lowest BCUT2D eigenvalue weighted by atomic mass is 9.49. The number of anilines is 1. The summed E-state index contributed by atoms with van der Waals surface area (Å²) in [5, 5.41) is 14.1. The maximum absolute atomic E-state index is 13.4. The fraction of sp³-hybridized carbons (Fsp3) is 0.481. The fourth-order valence-corrected chi connectivity index (χ4v) is 6.12. The average molecular weight is 449 g/mol. The van der Waals surface area contributed by atoms with Gasteiger partial charge in [-0.2, -0.15) is 0 Å². The van der Waals surface area contributed by atoms with Crippen molar-refractivity contribution >= 4 is 17.7 Å². The minimum absolute atomic E-state index is 0.0908. The SMILES string of the molecule is CCC(NC1CC1)(C(=O)O)C1c2ccccc2N(C(=O)OCc2ccccc2)C2CCC21C. The highest BCUT2D eigenvalue weighted by molar-refractivity contribution is 5.92. The van der Waals surface area contributed by atoms with Crippen LogP contribution in [0, 0.1) is 5.41 Å². The van der Waals surface area contributed by atoms with Crippen molar-refractivity contribution in [3.63, 3.8) is 0 Å². The average Bonchev–Trinajstić information content (AvgIpc) is 3.63. The van der Waals surface area contributed by atoms with E-state index in [1.54, 1.807) is 4.90 Å². The second-order valence-corrected chi connectivity index (χ2v) is 10.0. The van der Waals surface area contributed by atoms with Gasteiger partial charge in [-0.25, -0.2) is 4.79 Å². The van der Waals surface area contributed by atoms with Gasteiger partial charge in [0.1, 0.15) is 12.1 Å². The molecule has 33 heavy (non-hydrogen) atoms. The van der Waals surface area contributed by atoms with E-state index in [1.807, 2.05) is 61.5 Å². The van der Waals surface area contributed by atoms with Gasteiger partial charge in [0, 0.05) is 18.0 Å². The van der Waals surface area contributed by atoms with Gasteiger partial charge in [0.25, 0.3) is 0 Å². The van der Waals surface area contributed by atoms with Crippen LogP contribution in [0.15, 0.2) is 54.6 Å². The van der Waals surface area contributed by atoms with Crippen LogP contribution >= 0.6 is 0 Å².